The van der Waals surface area contributed by atoms with Crippen molar-refractivity contribution < 1.29 is 68.1 Å². The lowest BCUT2D eigenvalue weighted by Crippen LogP contribution is -2.53. The minimum atomic E-state index is -1.27. The van der Waals surface area contributed by atoms with Crippen molar-refractivity contribution in [3.05, 3.63) is 125 Å². The standard InChI is InChI=1S/C63H70Cl4N2O14/c1-62-17-15-32(22-52(70)68-19-7-9-39(33-23-42(58(72)73)54(80-3)48(64)27-33)34-24-43(59(74)75)55(81-4)49(65)28-34)21-37(62)11-13-41-46-14-12-38(63(46,2)18-16-47(41)62)31-53(71)69-20-8-10-40(35-25-44(60(76)77)56(82-5)50(66)29-35)36-26-45(61(78)79)57(83-6)51(67)30-36/h9-10,23-30,32,37-38,41,46-47H,7-8,11-22,31H2,1-6H3,(H,68,70)(H,69,71)(H,72,73)(H,74,75)(H,76,77)(H,78,79)/t32-,37-,38+,41?,46?,47?,62-,63+/m0/s1. The van der Waals surface area contributed by atoms with E-state index in [9.17, 15) is 49.2 Å². The number of fused-ring (bicyclic) bond motifs is 5. The number of carboxylic acid groups (broad SMARTS) is 4. The summed E-state index contributed by atoms with van der Waals surface area (Å²) in [5.74, 6) is -2.63. The molecule has 0 heterocycles. The van der Waals surface area contributed by atoms with Crippen LogP contribution < -0.4 is 29.6 Å². The van der Waals surface area contributed by atoms with Crippen molar-refractivity contribution in [2.24, 2.45) is 46.3 Å². The third-order valence-corrected chi connectivity index (χ3v) is 19.8. The average Bonchev–Trinajstić information content (AvgIpc) is 2.79. The van der Waals surface area contributed by atoms with E-state index >= 15 is 0 Å². The highest BCUT2D eigenvalue weighted by Gasteiger charge is 2.60. The molecule has 6 N–H and O–H groups in total. The number of nitrogens with one attached hydrogen (secondary N) is 2. The van der Waals surface area contributed by atoms with Gasteiger partial charge in [-0.1, -0.05) is 72.4 Å². The molecule has 16 nitrogen and oxygen atoms in total. The van der Waals surface area contributed by atoms with E-state index in [0.717, 1.165) is 57.8 Å². The van der Waals surface area contributed by atoms with Gasteiger partial charge in [0.2, 0.25) is 11.8 Å². The van der Waals surface area contributed by atoms with Gasteiger partial charge in [-0.05, 0) is 199 Å². The Morgan fingerprint density at radius 2 is 0.880 bits per heavy atom. The Morgan fingerprint density at radius 1 is 0.506 bits per heavy atom. The molecule has 0 aliphatic heterocycles. The lowest BCUT2D eigenvalue weighted by molar-refractivity contribution is -0.131. The molecule has 8 atom stereocenters. The Kier molecular flexibility index (Phi) is 19.8. The van der Waals surface area contributed by atoms with Crippen molar-refractivity contribution in [1.82, 2.24) is 10.6 Å². The van der Waals surface area contributed by atoms with Crippen molar-refractivity contribution >= 4 is 93.2 Å². The summed E-state index contributed by atoms with van der Waals surface area (Å²) in [6.45, 7) is 5.43. The summed E-state index contributed by atoms with van der Waals surface area (Å²) in [7, 11) is 5.27. The molecule has 4 aliphatic rings. The van der Waals surface area contributed by atoms with Crippen LogP contribution in [0.5, 0.6) is 23.0 Å². The van der Waals surface area contributed by atoms with E-state index in [0.29, 0.717) is 82.8 Å². The van der Waals surface area contributed by atoms with Crippen LogP contribution in [0.4, 0.5) is 0 Å². The fraction of sp³-hybridized carbons (Fsp3) is 0.460. The number of hydrogen-bond donors (Lipinski definition) is 6. The van der Waals surface area contributed by atoms with Gasteiger partial charge in [0.15, 0.2) is 23.0 Å². The van der Waals surface area contributed by atoms with E-state index in [1.54, 1.807) is 24.3 Å². The van der Waals surface area contributed by atoms with E-state index in [4.69, 9.17) is 65.4 Å². The first-order valence-electron chi connectivity index (χ1n) is 27.9. The molecule has 0 aromatic heterocycles. The van der Waals surface area contributed by atoms with E-state index in [1.165, 1.54) is 64.8 Å². The molecule has 4 aliphatic carbocycles. The van der Waals surface area contributed by atoms with Gasteiger partial charge in [-0.3, -0.25) is 9.59 Å². The molecule has 0 bridgehead atoms. The molecular weight excluding hydrogens is 1150 g/mol. The van der Waals surface area contributed by atoms with Gasteiger partial charge in [0, 0.05) is 25.9 Å². The van der Waals surface area contributed by atoms with Gasteiger partial charge in [-0.2, -0.15) is 0 Å². The fourth-order valence-corrected chi connectivity index (χ4v) is 15.9. The van der Waals surface area contributed by atoms with Crippen LogP contribution in [0.2, 0.25) is 20.1 Å². The highest BCUT2D eigenvalue weighted by atomic mass is 35.5. The second-order valence-electron chi connectivity index (χ2n) is 22.9. The van der Waals surface area contributed by atoms with E-state index < -0.39 is 23.9 Å². The van der Waals surface area contributed by atoms with E-state index in [1.807, 2.05) is 0 Å². The molecule has 4 fully saturated rings. The quantitative estimate of drug-likeness (QED) is 0.0401. The summed E-state index contributed by atoms with van der Waals surface area (Å²) in [4.78, 5) is 76.6. The van der Waals surface area contributed by atoms with Crippen molar-refractivity contribution in [3.8, 4) is 23.0 Å². The number of ether oxygens (including phenoxy) is 4. The van der Waals surface area contributed by atoms with Crippen LogP contribution in [0.25, 0.3) is 11.1 Å². The molecule has 0 radical (unpaired) electrons. The Hall–Kier alpha value is -6.46. The van der Waals surface area contributed by atoms with Crippen LogP contribution in [-0.2, 0) is 9.59 Å². The molecule has 83 heavy (non-hydrogen) atoms. The number of methoxy groups -OCH3 is 4. The van der Waals surface area contributed by atoms with Gasteiger partial charge < -0.3 is 50.0 Å². The number of carbonyl (C=O) groups is 6. The predicted molar refractivity (Wildman–Crippen MR) is 317 cm³/mol. The SMILES string of the molecule is COc1c(Cl)cc(C(=CCCNC(=O)C[C@H]2CC[C@]3(C)C4CC[C@@]5(C)C(CC[C@@H]5CC(=O)NCCC=C(c5cc(Cl)c(OC)c(C(=O)O)c5)c5cc(Cl)c(OC)c(C(=O)O)c5)C4CC[C@H]3C2)c2cc(Cl)c(OC)c(C(=O)O)c2)cc1C(=O)O. The molecule has 0 spiro atoms. The highest BCUT2D eigenvalue weighted by Crippen LogP contribution is 2.68. The lowest BCUT2D eigenvalue weighted by Gasteiger charge is -2.61. The predicted octanol–water partition coefficient (Wildman–Crippen LogP) is 13.8. The monoisotopic (exact) mass is 1220 g/mol. The van der Waals surface area contributed by atoms with Gasteiger partial charge in [0.25, 0.3) is 0 Å². The second-order valence-corrected chi connectivity index (χ2v) is 24.5. The number of carbonyl (C=O) groups excluding carboxylic acids is 2. The largest absolute Gasteiger partial charge is 0.494 e. The minimum absolute atomic E-state index is 0.0214. The molecule has 4 aromatic carbocycles. The first-order chi connectivity index (χ1) is 39.5. The van der Waals surface area contributed by atoms with E-state index in [2.05, 4.69) is 24.5 Å². The van der Waals surface area contributed by atoms with Crippen LogP contribution in [0.1, 0.15) is 161 Å². The zero-order chi connectivity index (χ0) is 60.2. The Bertz CT molecular complexity index is 3140. The van der Waals surface area contributed by atoms with Crippen molar-refractivity contribution in [2.75, 3.05) is 41.5 Å². The number of aromatic carboxylic acids is 4. The average molecular weight is 1220 g/mol. The van der Waals surface area contributed by atoms with Crippen molar-refractivity contribution in [3.63, 3.8) is 0 Å². The van der Waals surface area contributed by atoms with Crippen LogP contribution in [0, 0.1) is 46.3 Å². The topological polar surface area (TPSA) is 244 Å². The molecule has 4 aromatic rings. The molecular formula is C63H70Cl4N2O14. The van der Waals surface area contributed by atoms with Gasteiger partial charge in [0.05, 0.1) is 48.5 Å². The van der Waals surface area contributed by atoms with Gasteiger partial charge >= 0.3 is 23.9 Å². The molecule has 444 valence electrons. The Labute approximate surface area is 502 Å². The van der Waals surface area contributed by atoms with Crippen LogP contribution >= 0.6 is 46.4 Å². The van der Waals surface area contributed by atoms with Crippen LogP contribution in [-0.4, -0.2) is 97.6 Å². The maximum Gasteiger partial charge on any atom is 0.339 e. The third kappa shape index (κ3) is 13.0. The second kappa shape index (κ2) is 26.2. The molecule has 3 unspecified atom stereocenters. The molecule has 4 saturated carbocycles. The van der Waals surface area contributed by atoms with Crippen molar-refractivity contribution in [1.29, 1.82) is 0 Å². The number of carboxylic acids is 4. The normalized spacial score (nSPS) is 23.3. The fourth-order valence-electron chi connectivity index (χ4n) is 14.7. The first-order valence-corrected chi connectivity index (χ1v) is 29.4. The minimum Gasteiger partial charge on any atom is -0.494 e. The zero-order valence-electron chi connectivity index (χ0n) is 47.2. The number of amides is 2. The van der Waals surface area contributed by atoms with Gasteiger partial charge in [-0.15, -0.1) is 0 Å². The summed E-state index contributed by atoms with van der Waals surface area (Å²) in [5, 5.41) is 46.5. The molecule has 2 amide bonds. The van der Waals surface area contributed by atoms with Crippen molar-refractivity contribution in [2.45, 2.75) is 97.3 Å². The zero-order valence-corrected chi connectivity index (χ0v) is 50.3. The summed E-state index contributed by atoms with van der Waals surface area (Å²) in [5.41, 5.74) is 1.86. The summed E-state index contributed by atoms with van der Waals surface area (Å²) >= 11 is 26.1. The van der Waals surface area contributed by atoms with Gasteiger partial charge in [-0.25, -0.2) is 19.2 Å². The molecule has 0 saturated heterocycles. The molecule has 8 rings (SSSR count). The first kappa shape index (κ1) is 62.6. The molecule has 20 heteroatoms. The maximum atomic E-state index is 13.8. The van der Waals surface area contributed by atoms with Crippen LogP contribution in [0.3, 0.4) is 0 Å². The highest BCUT2D eigenvalue weighted by molar-refractivity contribution is 6.34. The number of hydrogen-bond acceptors (Lipinski definition) is 10. The Balaban J connectivity index is 0.875. The number of benzene rings is 4. The summed E-state index contributed by atoms with van der Waals surface area (Å²) in [6.07, 6.45) is 14.5. The third-order valence-electron chi connectivity index (χ3n) is 18.7. The lowest BCUT2D eigenvalue weighted by atomic mass is 9.44. The maximum absolute atomic E-state index is 13.8. The summed E-state index contributed by atoms with van der Waals surface area (Å²) < 4.78 is 21.1. The number of halogens is 4. The summed E-state index contributed by atoms with van der Waals surface area (Å²) in [6, 6.07) is 11.8. The Morgan fingerprint density at radius 3 is 1.27 bits per heavy atom. The smallest absolute Gasteiger partial charge is 0.339 e. The van der Waals surface area contributed by atoms with Crippen LogP contribution in [0.15, 0.2) is 60.7 Å². The van der Waals surface area contributed by atoms with E-state index in [-0.39, 0.29) is 113 Å². The van der Waals surface area contributed by atoms with Gasteiger partial charge in [0.1, 0.15) is 22.3 Å². The number of rotatable bonds is 22.